The van der Waals surface area contributed by atoms with Gasteiger partial charge >= 0.3 is 21.6 Å². The van der Waals surface area contributed by atoms with Gasteiger partial charge in [0, 0.05) is 34.6 Å². The summed E-state index contributed by atoms with van der Waals surface area (Å²) in [6, 6.07) is 41.5. The van der Waals surface area contributed by atoms with E-state index in [2.05, 4.69) is 24.0 Å². The van der Waals surface area contributed by atoms with Crippen LogP contribution in [0.3, 0.4) is 0 Å². The molecule has 2 amide bonds. The molecule has 2 aliphatic heterocycles. The van der Waals surface area contributed by atoms with E-state index >= 15 is 0 Å². The summed E-state index contributed by atoms with van der Waals surface area (Å²) in [4.78, 5) is 54.2. The third-order valence-corrected chi connectivity index (χ3v) is 12.0. The fourth-order valence-corrected chi connectivity index (χ4v) is 8.50. The van der Waals surface area contributed by atoms with E-state index in [-0.39, 0.29) is 17.4 Å². The number of ether oxygens (including phenoxy) is 1. The number of esters is 1. The maximum atomic E-state index is 14.4. The summed E-state index contributed by atoms with van der Waals surface area (Å²) in [6.07, 6.45) is -1.98. The van der Waals surface area contributed by atoms with Crippen molar-refractivity contribution in [3.63, 3.8) is 0 Å². The van der Waals surface area contributed by atoms with Crippen molar-refractivity contribution < 1.29 is 49.7 Å². The van der Waals surface area contributed by atoms with E-state index in [0.29, 0.717) is 27.8 Å². The Morgan fingerprint density at radius 1 is 0.797 bits per heavy atom. The van der Waals surface area contributed by atoms with Crippen LogP contribution in [-0.2, 0) is 43.9 Å². The van der Waals surface area contributed by atoms with Gasteiger partial charge in [0.1, 0.15) is 6.04 Å². The van der Waals surface area contributed by atoms with Gasteiger partial charge in [-0.1, -0.05) is 157 Å². The number of carbonyl (C=O) groups is 3. The average Bonchev–Trinajstić information content (AvgIpc) is 3.74. The van der Waals surface area contributed by atoms with Gasteiger partial charge in [0.25, 0.3) is 11.8 Å². The Labute approximate surface area is 368 Å². The van der Waals surface area contributed by atoms with Gasteiger partial charge in [-0.2, -0.15) is 30.9 Å². The highest BCUT2D eigenvalue weighted by atomic mass is 32.2. The van der Waals surface area contributed by atoms with Crippen LogP contribution in [0.25, 0.3) is 0 Å². The number of aromatic nitrogens is 2. The van der Waals surface area contributed by atoms with Gasteiger partial charge in [0.15, 0.2) is 22.7 Å². The lowest BCUT2D eigenvalue weighted by atomic mass is 9.80. The topological polar surface area (TPSA) is 192 Å². The first-order valence-electron chi connectivity index (χ1n) is 19.5. The number of nitrogens with two attached hydrogens (primary N) is 1. The van der Waals surface area contributed by atoms with Crippen LogP contribution in [-0.4, -0.2) is 63.8 Å². The van der Waals surface area contributed by atoms with Crippen LogP contribution in [0.4, 0.5) is 18.3 Å². The molecular weight excluding hydrogens is 874 g/mol. The molecule has 0 radical (unpaired) electrons. The molecule has 326 valence electrons. The SMILES string of the molecule is Nc1nc(/C(=N/OC(c2ccccc2)(c2ccccc2)c2ccccc2)C(=O)N[C@@H]2C(=O)N3C(C(=O)OC(c4ccccc4)c4ccccc4)=C(OS(=O)(=O)C(F)(F)F)CC[C@H]23)ns1. The van der Waals surface area contributed by atoms with E-state index in [1.807, 2.05) is 91.0 Å². The number of nitrogens with zero attached hydrogens (tertiary/aromatic N) is 4. The lowest BCUT2D eigenvalue weighted by Gasteiger charge is -2.49. The third-order valence-electron chi connectivity index (χ3n) is 10.5. The molecule has 14 nitrogen and oxygen atoms in total. The largest absolute Gasteiger partial charge is 0.534 e. The number of hydrogen-bond donors (Lipinski definition) is 2. The third kappa shape index (κ3) is 8.41. The summed E-state index contributed by atoms with van der Waals surface area (Å²) in [6.45, 7) is 0. The normalized spacial score (nSPS) is 16.7. The van der Waals surface area contributed by atoms with Crippen LogP contribution in [0.5, 0.6) is 0 Å². The first-order chi connectivity index (χ1) is 30.8. The van der Waals surface area contributed by atoms with Gasteiger partial charge < -0.3 is 24.8 Å². The van der Waals surface area contributed by atoms with Crippen LogP contribution < -0.4 is 11.1 Å². The Morgan fingerprint density at radius 3 is 1.73 bits per heavy atom. The Morgan fingerprint density at radius 2 is 1.28 bits per heavy atom. The van der Waals surface area contributed by atoms with Crippen LogP contribution in [0.1, 0.15) is 52.6 Å². The van der Waals surface area contributed by atoms with E-state index < -0.39 is 80.8 Å². The standard InChI is InChI=1S/C45H35F3N6O8S2/c46-45(47,48)64(58,59)61-34-27-26-33-35(41(56)54(33)37(34)42(57)60-38(28-16-6-1-7-17-28)29-18-8-2-9-19-29)50-40(55)36(39-51-43(49)63-53-39)52-62-44(30-20-10-3-11-21-30,31-22-12-4-13-23-31)32-24-14-5-15-25-32/h1-25,33,35,38H,26-27H2,(H,50,55)(H2,49,51,53)/b52-36-/t33-,35+/m1/s1. The maximum absolute atomic E-state index is 14.4. The summed E-state index contributed by atoms with van der Waals surface area (Å²) in [5.41, 5.74) is 0.0471. The molecule has 0 aliphatic carbocycles. The molecule has 2 atom stereocenters. The number of nitrogen functional groups attached to an aromatic ring is 1. The van der Waals surface area contributed by atoms with Crippen molar-refractivity contribution in [1.29, 1.82) is 0 Å². The van der Waals surface area contributed by atoms with Crippen molar-refractivity contribution in [2.45, 2.75) is 42.1 Å². The first-order valence-corrected chi connectivity index (χ1v) is 21.7. The average molecular weight is 909 g/mol. The number of anilines is 1. The van der Waals surface area contributed by atoms with Crippen LogP contribution in [0, 0.1) is 0 Å². The van der Waals surface area contributed by atoms with Gasteiger partial charge in [0.05, 0.1) is 6.04 Å². The van der Waals surface area contributed by atoms with E-state index in [1.54, 1.807) is 60.7 Å². The van der Waals surface area contributed by atoms with Crippen molar-refractivity contribution in [3.8, 4) is 0 Å². The number of β-lactam (4-membered cyclic amide) rings is 1. The van der Waals surface area contributed by atoms with Crippen molar-refractivity contribution in [3.05, 3.63) is 197 Å². The second kappa shape index (κ2) is 17.8. The molecule has 6 aromatic rings. The molecule has 0 spiro atoms. The summed E-state index contributed by atoms with van der Waals surface area (Å²) in [5, 5.41) is 6.96. The first kappa shape index (κ1) is 43.3. The zero-order chi connectivity index (χ0) is 45.1. The molecule has 8 rings (SSSR count). The number of amides is 2. The van der Waals surface area contributed by atoms with E-state index in [4.69, 9.17) is 15.3 Å². The monoisotopic (exact) mass is 908 g/mol. The second-order valence-corrected chi connectivity index (χ2v) is 16.7. The number of alkyl halides is 3. The van der Waals surface area contributed by atoms with E-state index in [1.165, 1.54) is 0 Å². The number of allylic oxidation sites excluding steroid dienone is 1. The zero-order valence-corrected chi connectivity index (χ0v) is 34.8. The number of benzene rings is 5. The molecule has 3 N–H and O–H groups in total. The minimum absolute atomic E-state index is 0.0203. The van der Waals surface area contributed by atoms with Crippen molar-refractivity contribution >= 4 is 50.3 Å². The Hall–Kier alpha value is -7.38. The van der Waals surface area contributed by atoms with Crippen molar-refractivity contribution in [1.82, 2.24) is 19.6 Å². The number of fused-ring (bicyclic) bond motifs is 1. The maximum Gasteiger partial charge on any atom is 0.534 e. The Kier molecular flexibility index (Phi) is 12.0. The van der Waals surface area contributed by atoms with Crippen LogP contribution in [0.15, 0.2) is 168 Å². The van der Waals surface area contributed by atoms with E-state index in [0.717, 1.165) is 16.4 Å². The lowest BCUT2D eigenvalue weighted by molar-refractivity contribution is -0.159. The van der Waals surface area contributed by atoms with Crippen LogP contribution >= 0.6 is 11.5 Å². The fourth-order valence-electron chi connectivity index (χ4n) is 7.54. The predicted octanol–water partition coefficient (Wildman–Crippen LogP) is 6.73. The summed E-state index contributed by atoms with van der Waals surface area (Å²) < 4.78 is 80.3. The second-order valence-electron chi connectivity index (χ2n) is 14.4. The van der Waals surface area contributed by atoms with Gasteiger partial charge in [-0.15, -0.1) is 0 Å². The Bertz CT molecular complexity index is 2700. The number of hydrogen-bond acceptors (Lipinski definition) is 13. The Balaban J connectivity index is 1.14. The lowest BCUT2D eigenvalue weighted by Crippen LogP contribution is -2.72. The number of halogens is 3. The predicted molar refractivity (Wildman–Crippen MR) is 227 cm³/mol. The van der Waals surface area contributed by atoms with Gasteiger partial charge in [0.2, 0.25) is 17.1 Å². The van der Waals surface area contributed by atoms with Gasteiger partial charge in [-0.05, 0) is 17.5 Å². The molecule has 64 heavy (non-hydrogen) atoms. The highest BCUT2D eigenvalue weighted by Gasteiger charge is 2.57. The van der Waals surface area contributed by atoms with Crippen LogP contribution in [0.2, 0.25) is 0 Å². The number of nitrogens with one attached hydrogen (secondary N) is 1. The van der Waals surface area contributed by atoms with Gasteiger partial charge in [-0.3, -0.25) is 14.5 Å². The molecule has 0 saturated carbocycles. The number of rotatable bonds is 14. The molecule has 3 heterocycles. The molecule has 1 aromatic heterocycles. The molecule has 2 aliphatic rings. The van der Waals surface area contributed by atoms with E-state index in [9.17, 15) is 36.0 Å². The molecule has 1 saturated heterocycles. The minimum Gasteiger partial charge on any atom is -0.448 e. The zero-order valence-electron chi connectivity index (χ0n) is 33.2. The highest BCUT2D eigenvalue weighted by Crippen LogP contribution is 2.43. The smallest absolute Gasteiger partial charge is 0.448 e. The summed E-state index contributed by atoms with van der Waals surface area (Å²) in [5.74, 6) is -4.58. The summed E-state index contributed by atoms with van der Waals surface area (Å²) in [7, 11) is -6.31. The van der Waals surface area contributed by atoms with Gasteiger partial charge in [-0.25, -0.2) is 4.79 Å². The molecule has 19 heteroatoms. The quantitative estimate of drug-likeness (QED) is 0.0224. The van der Waals surface area contributed by atoms with Crippen molar-refractivity contribution in [2.75, 3.05) is 5.73 Å². The summed E-state index contributed by atoms with van der Waals surface area (Å²) >= 11 is 0.766. The minimum atomic E-state index is -6.31. The molecule has 0 bridgehead atoms. The highest BCUT2D eigenvalue weighted by molar-refractivity contribution is 7.87. The molecule has 1 fully saturated rings. The fraction of sp³-hybridized carbons (Fsp3) is 0.156. The van der Waals surface area contributed by atoms with Crippen molar-refractivity contribution in [2.24, 2.45) is 5.16 Å². The molecular formula is C45H35F3N6O8S2. The number of oxime groups is 1. The number of carbonyl (C=O) groups excluding carboxylic acids is 3. The molecule has 5 aromatic carbocycles. The molecule has 0 unspecified atom stereocenters.